The van der Waals surface area contributed by atoms with Crippen molar-refractivity contribution in [3.05, 3.63) is 50.1 Å². The number of hydrogen-bond acceptors (Lipinski definition) is 6. The summed E-state index contributed by atoms with van der Waals surface area (Å²) in [5.41, 5.74) is 3.40. The number of imide groups is 1. The lowest BCUT2D eigenvalue weighted by molar-refractivity contribution is -0.117. The molecule has 0 saturated carbocycles. The number of aryl methyl sites for hydroxylation is 4. The van der Waals surface area contributed by atoms with E-state index in [-0.39, 0.29) is 11.3 Å². The zero-order valence-corrected chi connectivity index (χ0v) is 21.1. The number of thiophene rings is 1. The van der Waals surface area contributed by atoms with Gasteiger partial charge < -0.3 is 5.32 Å². The van der Waals surface area contributed by atoms with Crippen LogP contribution in [-0.4, -0.2) is 32.8 Å². The molecule has 174 valence electrons. The minimum atomic E-state index is -0.544. The van der Waals surface area contributed by atoms with E-state index in [1.807, 2.05) is 52.8 Å². The second-order valence-electron chi connectivity index (χ2n) is 9.40. The molecule has 2 heterocycles. The average molecular weight is 485 g/mol. The van der Waals surface area contributed by atoms with Crippen molar-refractivity contribution in [1.82, 2.24) is 20.2 Å². The molecular weight excluding hydrogens is 456 g/mol. The number of nitrogens with zero attached hydrogens (tertiary/aromatic N) is 2. The van der Waals surface area contributed by atoms with Gasteiger partial charge in [-0.1, -0.05) is 29.5 Å². The first-order chi connectivity index (χ1) is 15.5. The van der Waals surface area contributed by atoms with Gasteiger partial charge in [0.15, 0.2) is 5.16 Å². The van der Waals surface area contributed by atoms with Crippen LogP contribution in [0.25, 0.3) is 15.9 Å². The molecule has 0 bridgehead atoms. The minimum absolute atomic E-state index is 0.0362. The molecule has 0 saturated heterocycles. The fraction of sp³-hybridized carbons (Fsp3) is 0.417. The third kappa shape index (κ3) is 4.99. The monoisotopic (exact) mass is 484 g/mol. The summed E-state index contributed by atoms with van der Waals surface area (Å²) in [4.78, 5) is 45.0. The summed E-state index contributed by atoms with van der Waals surface area (Å²) < 4.78 is 1.62. The largest absolute Gasteiger partial charge is 0.333 e. The average Bonchev–Trinajstić information content (AvgIpc) is 3.26. The first kappa shape index (κ1) is 23.5. The van der Waals surface area contributed by atoms with E-state index < -0.39 is 17.5 Å². The fourth-order valence-corrected chi connectivity index (χ4v) is 6.16. The Morgan fingerprint density at radius 1 is 1.21 bits per heavy atom. The van der Waals surface area contributed by atoms with Gasteiger partial charge in [-0.3, -0.25) is 19.5 Å². The van der Waals surface area contributed by atoms with Crippen LogP contribution < -0.4 is 16.2 Å². The number of benzene rings is 1. The zero-order chi connectivity index (χ0) is 23.9. The molecule has 0 spiro atoms. The predicted octanol–water partition coefficient (Wildman–Crippen LogP) is 4.27. The van der Waals surface area contributed by atoms with Gasteiger partial charge in [0.25, 0.3) is 5.56 Å². The summed E-state index contributed by atoms with van der Waals surface area (Å²) in [7, 11) is 0. The van der Waals surface area contributed by atoms with Gasteiger partial charge in [-0.15, -0.1) is 11.3 Å². The molecule has 0 fully saturated rings. The second-order valence-corrected chi connectivity index (χ2v) is 11.4. The van der Waals surface area contributed by atoms with E-state index >= 15 is 0 Å². The van der Waals surface area contributed by atoms with E-state index in [0.717, 1.165) is 58.2 Å². The standard InChI is InChI=1S/C24H28N4O3S2/c1-13-9-10-16(14(2)11-13)28-21(30)19-15-7-6-8-17(15)33-20(19)26-23(28)32-12-18(29)25-22(31)27-24(3,4)5/h9-11H,6-8,12H2,1-5H3,(H2,25,27,29,31). The van der Waals surface area contributed by atoms with E-state index in [4.69, 9.17) is 4.98 Å². The van der Waals surface area contributed by atoms with E-state index in [9.17, 15) is 14.4 Å². The maximum absolute atomic E-state index is 13.7. The third-order valence-electron chi connectivity index (χ3n) is 5.38. The molecule has 33 heavy (non-hydrogen) atoms. The van der Waals surface area contributed by atoms with E-state index in [1.54, 1.807) is 15.9 Å². The zero-order valence-electron chi connectivity index (χ0n) is 19.5. The van der Waals surface area contributed by atoms with Crippen molar-refractivity contribution in [2.24, 2.45) is 0 Å². The van der Waals surface area contributed by atoms with Crippen LogP contribution in [0.2, 0.25) is 0 Å². The molecule has 0 radical (unpaired) electrons. The van der Waals surface area contributed by atoms with Crippen molar-refractivity contribution in [2.75, 3.05) is 5.75 Å². The molecule has 7 nitrogen and oxygen atoms in total. The Morgan fingerprint density at radius 2 is 1.97 bits per heavy atom. The summed E-state index contributed by atoms with van der Waals surface area (Å²) in [5, 5.41) is 6.20. The Labute approximate surface area is 201 Å². The van der Waals surface area contributed by atoms with Gasteiger partial charge in [-0.05, 0) is 71.1 Å². The number of amides is 3. The molecule has 1 aromatic carbocycles. The maximum Gasteiger partial charge on any atom is 0.321 e. The molecule has 3 aromatic rings. The van der Waals surface area contributed by atoms with Crippen molar-refractivity contribution in [3.63, 3.8) is 0 Å². The number of nitrogens with one attached hydrogen (secondary N) is 2. The van der Waals surface area contributed by atoms with Crippen LogP contribution in [0, 0.1) is 13.8 Å². The van der Waals surface area contributed by atoms with Crippen molar-refractivity contribution in [1.29, 1.82) is 0 Å². The van der Waals surface area contributed by atoms with Crippen LogP contribution in [0.15, 0.2) is 28.2 Å². The predicted molar refractivity (Wildman–Crippen MR) is 134 cm³/mol. The van der Waals surface area contributed by atoms with E-state index in [2.05, 4.69) is 10.6 Å². The molecule has 2 aromatic heterocycles. The lowest BCUT2D eigenvalue weighted by Gasteiger charge is -2.20. The first-order valence-corrected chi connectivity index (χ1v) is 12.7. The number of urea groups is 1. The highest BCUT2D eigenvalue weighted by Crippen LogP contribution is 2.36. The highest BCUT2D eigenvalue weighted by molar-refractivity contribution is 7.99. The number of aromatic nitrogens is 2. The molecule has 1 aliphatic carbocycles. The van der Waals surface area contributed by atoms with Crippen molar-refractivity contribution in [3.8, 4) is 5.69 Å². The van der Waals surface area contributed by atoms with Crippen LogP contribution >= 0.6 is 23.1 Å². The molecule has 4 rings (SSSR count). The Hall–Kier alpha value is -2.65. The number of carbonyl (C=O) groups excluding carboxylic acids is 2. The summed E-state index contributed by atoms with van der Waals surface area (Å²) in [6.07, 6.45) is 2.94. The Bertz CT molecular complexity index is 1320. The summed E-state index contributed by atoms with van der Waals surface area (Å²) >= 11 is 2.73. The summed E-state index contributed by atoms with van der Waals surface area (Å²) in [5.74, 6) is -0.483. The quantitative estimate of drug-likeness (QED) is 0.426. The lowest BCUT2D eigenvalue weighted by atomic mass is 10.1. The van der Waals surface area contributed by atoms with Crippen LogP contribution in [-0.2, 0) is 17.6 Å². The number of thioether (sulfide) groups is 1. The van der Waals surface area contributed by atoms with Gasteiger partial charge in [0, 0.05) is 10.4 Å². The first-order valence-electron chi connectivity index (χ1n) is 10.9. The fourth-order valence-electron chi connectivity index (χ4n) is 4.05. The second kappa shape index (κ2) is 8.95. The maximum atomic E-state index is 13.7. The summed E-state index contributed by atoms with van der Waals surface area (Å²) in [6.45, 7) is 9.49. The molecular formula is C24H28N4O3S2. The number of rotatable bonds is 4. The number of carbonyl (C=O) groups is 2. The third-order valence-corrected chi connectivity index (χ3v) is 7.50. The van der Waals surface area contributed by atoms with Crippen molar-refractivity contribution < 1.29 is 9.59 Å². The van der Waals surface area contributed by atoms with Crippen molar-refractivity contribution >= 4 is 45.3 Å². The van der Waals surface area contributed by atoms with Gasteiger partial charge in [0.2, 0.25) is 5.91 Å². The van der Waals surface area contributed by atoms with Crippen LogP contribution in [0.5, 0.6) is 0 Å². The Kier molecular flexibility index (Phi) is 6.37. The van der Waals surface area contributed by atoms with Gasteiger partial charge in [-0.2, -0.15) is 0 Å². The summed E-state index contributed by atoms with van der Waals surface area (Å²) in [6, 6.07) is 5.38. The highest BCUT2D eigenvalue weighted by atomic mass is 32.2. The topological polar surface area (TPSA) is 93.1 Å². The van der Waals surface area contributed by atoms with Gasteiger partial charge in [0.05, 0.1) is 16.8 Å². The molecule has 9 heteroatoms. The number of fused-ring (bicyclic) bond motifs is 3. The van der Waals surface area contributed by atoms with Crippen molar-refractivity contribution in [2.45, 2.75) is 64.6 Å². The molecule has 2 N–H and O–H groups in total. The normalized spacial score (nSPS) is 13.2. The number of hydrogen-bond donors (Lipinski definition) is 2. The molecule has 3 amide bonds. The van der Waals surface area contributed by atoms with Gasteiger partial charge >= 0.3 is 6.03 Å². The van der Waals surface area contributed by atoms with E-state index in [1.165, 1.54) is 4.88 Å². The SMILES string of the molecule is Cc1ccc(-n2c(SCC(=O)NC(=O)NC(C)(C)C)nc3sc4c(c3c2=O)CCC4)c(C)c1. The van der Waals surface area contributed by atoms with Gasteiger partial charge in [0.1, 0.15) is 4.83 Å². The smallest absolute Gasteiger partial charge is 0.321 e. The van der Waals surface area contributed by atoms with Crippen LogP contribution in [0.1, 0.15) is 48.8 Å². The molecule has 0 unspecified atom stereocenters. The van der Waals surface area contributed by atoms with Crippen LogP contribution in [0.4, 0.5) is 4.79 Å². The molecule has 0 aliphatic heterocycles. The van der Waals surface area contributed by atoms with E-state index in [0.29, 0.717) is 10.5 Å². The van der Waals surface area contributed by atoms with Gasteiger partial charge in [-0.25, -0.2) is 9.78 Å². The Balaban J connectivity index is 1.70. The Morgan fingerprint density at radius 3 is 2.67 bits per heavy atom. The van der Waals surface area contributed by atoms with Crippen LogP contribution in [0.3, 0.4) is 0 Å². The minimum Gasteiger partial charge on any atom is -0.333 e. The molecule has 0 atom stereocenters. The lowest BCUT2D eigenvalue weighted by Crippen LogP contribution is -2.48. The highest BCUT2D eigenvalue weighted by Gasteiger charge is 2.25. The molecule has 1 aliphatic rings.